The first kappa shape index (κ1) is 57.0. The average Bonchev–Trinajstić information content (AvgIpc) is 4.00. The number of aromatic nitrogens is 3. The van der Waals surface area contributed by atoms with Crippen LogP contribution in [0.1, 0.15) is 119 Å². The van der Waals surface area contributed by atoms with Gasteiger partial charge in [0.2, 0.25) is 23.6 Å². The van der Waals surface area contributed by atoms with E-state index in [0.29, 0.717) is 42.2 Å². The lowest BCUT2D eigenvalue weighted by Crippen LogP contribution is -2.57. The minimum absolute atomic E-state index is 0.0152. The van der Waals surface area contributed by atoms with Crippen LogP contribution in [0.4, 0.5) is 5.69 Å². The largest absolute Gasteiger partial charge is 0.496 e. The number of ether oxygens (including phenoxy) is 1. The highest BCUT2D eigenvalue weighted by atomic mass is 35.5. The number of benzene rings is 3. The van der Waals surface area contributed by atoms with Gasteiger partial charge in [0.25, 0.3) is 0 Å². The summed E-state index contributed by atoms with van der Waals surface area (Å²) < 4.78 is 18.8. The molecule has 4 heterocycles. The fraction of sp³-hybridized carbons (Fsp3) is 0.491. The molecule has 5 aromatic rings. The number of likely N-dealkylation sites (tertiary alicyclic amines) is 1. The number of unbranched alkanes of at least 4 members (excludes halogenated alkanes) is 4. The molecule has 15 nitrogen and oxygen atoms in total. The number of carbonyl (C=O) groups excluding carboxylic acids is 4. The second-order valence-corrected chi connectivity index (χ2v) is 25.9. The van der Waals surface area contributed by atoms with Crippen LogP contribution in [0.5, 0.6) is 5.75 Å². The van der Waals surface area contributed by atoms with E-state index in [4.69, 9.17) is 21.3 Å². The summed E-state index contributed by atoms with van der Waals surface area (Å²) in [6.45, 7) is 13.0. The van der Waals surface area contributed by atoms with E-state index >= 15 is 0 Å². The van der Waals surface area contributed by atoms with Crippen LogP contribution < -0.4 is 30.9 Å². The van der Waals surface area contributed by atoms with E-state index in [1.54, 1.807) is 38.0 Å². The average molecular weight is 1080 g/mol. The van der Waals surface area contributed by atoms with Gasteiger partial charge in [0.15, 0.2) is 0 Å². The lowest BCUT2D eigenvalue weighted by Gasteiger charge is -2.35. The Hall–Kier alpha value is -5.67. The molecule has 2 aliphatic rings. The molecule has 2 aromatic heterocycles. The number of aryl methyl sites for hydroxylation is 1. The van der Waals surface area contributed by atoms with Crippen molar-refractivity contribution in [1.29, 1.82) is 0 Å². The van der Waals surface area contributed by atoms with E-state index in [-0.39, 0.29) is 55.6 Å². The molecule has 2 saturated heterocycles. The number of hydrogen-bond acceptors (Lipinski definition) is 12. The van der Waals surface area contributed by atoms with E-state index < -0.39 is 30.7 Å². The zero-order chi connectivity index (χ0) is 53.9. The maximum absolute atomic E-state index is 14.1. The third kappa shape index (κ3) is 15.7. The lowest BCUT2D eigenvalue weighted by molar-refractivity contribution is -0.144. The van der Waals surface area contributed by atoms with Gasteiger partial charge in [-0.05, 0) is 74.1 Å². The second-order valence-electron chi connectivity index (χ2n) is 21.5. The molecule has 0 spiro atoms. The van der Waals surface area contributed by atoms with Gasteiger partial charge < -0.3 is 40.2 Å². The number of anilines is 1. The number of methoxy groups -OCH3 is 1. The van der Waals surface area contributed by atoms with Gasteiger partial charge in [-0.3, -0.25) is 19.2 Å². The smallest absolute Gasteiger partial charge is 0.246 e. The maximum atomic E-state index is 14.1. The number of amides is 4. The quantitative estimate of drug-likeness (QED) is 0.0383. The van der Waals surface area contributed by atoms with Crippen molar-refractivity contribution in [3.63, 3.8) is 0 Å². The van der Waals surface area contributed by atoms with Gasteiger partial charge in [0.05, 0.1) is 40.0 Å². The summed E-state index contributed by atoms with van der Waals surface area (Å²) in [5.74, 6) is 0.453. The molecule has 4 N–H and O–H groups in total. The van der Waals surface area contributed by atoms with Crippen LogP contribution in [0.15, 0.2) is 78.4 Å². The van der Waals surface area contributed by atoms with Crippen molar-refractivity contribution < 1.29 is 33.6 Å². The molecule has 0 bridgehead atoms. The van der Waals surface area contributed by atoms with E-state index in [1.165, 1.54) is 4.90 Å². The minimum atomic E-state index is -2.50. The number of nitrogens with one attached hydrogen (secondary N) is 3. The van der Waals surface area contributed by atoms with Gasteiger partial charge in [0, 0.05) is 93.1 Å². The summed E-state index contributed by atoms with van der Waals surface area (Å²) in [7, 11) is -0.835. The number of β-amino-alcohol motifs (C(OH)–C–C–N with tert-alkyl or cyclic N) is 1. The van der Waals surface area contributed by atoms with Crippen molar-refractivity contribution >= 4 is 64.7 Å². The summed E-state index contributed by atoms with van der Waals surface area (Å²) in [6.07, 6.45) is 8.14. The Labute approximate surface area is 451 Å². The standard InChI is InChI=1S/C57H74ClN8O7PS/c1-37-53(75-36-61-37)39-21-19-38(20-22-39)33-60-55(70)47-32-44(67)35-66(47)56(71)54(57(2,3)4)64-52(69)18-12-10-8-9-11-17-51(68)62-42-25-27-65(28-26-42)43-24-23-40(48(31-43)73-5)30-50-59-34-45(58)46(63-50)29-41-15-13-14-16-49(41)74(6,7)72/h13-16,19-24,31,34,36,42,44,47,54,67H,8-12,17-18,25-30,32-33,35H2,1-7H3,(H,60,70)(H,62,68)(H,64,69)/t44-,47+,54-/m1/s1. The number of thiazole rings is 1. The van der Waals surface area contributed by atoms with Crippen LogP contribution in [-0.4, -0.2) is 113 Å². The highest BCUT2D eigenvalue weighted by molar-refractivity contribution is 7.70. The van der Waals surface area contributed by atoms with Gasteiger partial charge in [-0.15, -0.1) is 11.3 Å². The molecule has 402 valence electrons. The Kier molecular flexibility index (Phi) is 19.7. The molecule has 18 heteroatoms. The van der Waals surface area contributed by atoms with Crippen LogP contribution in [0, 0.1) is 12.3 Å². The number of halogens is 1. The SMILES string of the molecule is COc1cc(N2CCC(NC(=O)CCCCCCCC(=O)N[C@H](C(=O)N3C[C@H](O)C[C@H]3C(=O)NCc3ccc(-c4scnc4C)cc3)C(C)(C)C)CC2)ccc1Cc1ncc(Cl)c(Cc2ccccc2P(C)(C)=O)n1. The lowest BCUT2D eigenvalue weighted by atomic mass is 9.85. The van der Waals surface area contributed by atoms with Crippen LogP contribution >= 0.6 is 30.1 Å². The van der Waals surface area contributed by atoms with Gasteiger partial charge in [-0.25, -0.2) is 15.0 Å². The Morgan fingerprint density at radius 1 is 0.907 bits per heavy atom. The molecular weight excluding hydrogens is 1010 g/mol. The molecule has 7 rings (SSSR count). The normalized spacial score (nSPS) is 16.7. The van der Waals surface area contributed by atoms with Crippen molar-refractivity contribution in [2.45, 2.75) is 136 Å². The number of piperidine rings is 1. The molecule has 4 amide bonds. The summed E-state index contributed by atoms with van der Waals surface area (Å²) >= 11 is 8.14. The highest BCUT2D eigenvalue weighted by Gasteiger charge is 2.44. The molecule has 3 atom stereocenters. The van der Waals surface area contributed by atoms with E-state index in [2.05, 4.69) is 43.0 Å². The molecule has 0 unspecified atom stereocenters. The topological polar surface area (TPSA) is 196 Å². The molecule has 0 saturated carbocycles. The number of nitrogens with zero attached hydrogens (tertiary/aromatic N) is 5. The molecule has 2 aliphatic heterocycles. The molecule has 3 aromatic carbocycles. The van der Waals surface area contributed by atoms with Crippen molar-refractivity contribution in [3.8, 4) is 16.2 Å². The Morgan fingerprint density at radius 2 is 1.60 bits per heavy atom. The first-order valence-corrected chi connectivity index (χ1v) is 30.0. The molecule has 0 radical (unpaired) electrons. The molecule has 75 heavy (non-hydrogen) atoms. The van der Waals surface area contributed by atoms with Gasteiger partial charge in [-0.2, -0.15) is 0 Å². The number of rotatable bonds is 22. The fourth-order valence-electron chi connectivity index (χ4n) is 9.96. The zero-order valence-corrected chi connectivity index (χ0v) is 47.0. The third-order valence-electron chi connectivity index (χ3n) is 14.2. The van der Waals surface area contributed by atoms with Gasteiger partial charge in [0.1, 0.15) is 30.8 Å². The minimum Gasteiger partial charge on any atom is -0.496 e. The molecule has 0 aliphatic carbocycles. The van der Waals surface area contributed by atoms with Crippen LogP contribution in [0.25, 0.3) is 10.4 Å². The summed E-state index contributed by atoms with van der Waals surface area (Å²) in [5.41, 5.74) is 7.73. The zero-order valence-electron chi connectivity index (χ0n) is 44.5. The van der Waals surface area contributed by atoms with Crippen molar-refractivity contribution in [3.05, 3.63) is 117 Å². The summed E-state index contributed by atoms with van der Waals surface area (Å²) in [5, 5.41) is 21.1. The molecular formula is C57H74ClN8O7PS. The van der Waals surface area contributed by atoms with E-state index in [0.717, 1.165) is 101 Å². The van der Waals surface area contributed by atoms with Gasteiger partial charge >= 0.3 is 0 Å². The second kappa shape index (κ2) is 25.9. The summed E-state index contributed by atoms with van der Waals surface area (Å²) in [6, 6.07) is 20.2. The molecule has 2 fully saturated rings. The number of aliphatic hydroxyl groups excluding tert-OH is 1. The Bertz CT molecular complexity index is 2830. The van der Waals surface area contributed by atoms with Crippen molar-refractivity contribution in [2.75, 3.05) is 45.0 Å². The number of hydrogen-bond donors (Lipinski definition) is 4. The Morgan fingerprint density at radius 3 is 2.27 bits per heavy atom. The third-order valence-corrected chi connectivity index (χ3v) is 17.0. The van der Waals surface area contributed by atoms with E-state index in [9.17, 15) is 28.8 Å². The Balaban J connectivity index is 0.787. The predicted molar refractivity (Wildman–Crippen MR) is 299 cm³/mol. The predicted octanol–water partition coefficient (Wildman–Crippen LogP) is 8.62. The van der Waals surface area contributed by atoms with Gasteiger partial charge in [-0.1, -0.05) is 106 Å². The van der Waals surface area contributed by atoms with E-state index in [1.807, 2.05) is 87.8 Å². The van der Waals surface area contributed by atoms with Crippen LogP contribution in [0.2, 0.25) is 5.02 Å². The fourth-order valence-corrected chi connectivity index (χ4v) is 12.2. The first-order valence-electron chi connectivity index (χ1n) is 26.2. The van der Waals surface area contributed by atoms with Crippen molar-refractivity contribution in [1.82, 2.24) is 35.8 Å². The highest BCUT2D eigenvalue weighted by Crippen LogP contribution is 2.37. The summed E-state index contributed by atoms with van der Waals surface area (Å²) in [4.78, 5) is 72.3. The number of carbonyl (C=O) groups is 4. The monoisotopic (exact) mass is 1080 g/mol. The maximum Gasteiger partial charge on any atom is 0.246 e. The first-order chi connectivity index (χ1) is 35.8. The van der Waals surface area contributed by atoms with Crippen LogP contribution in [0.3, 0.4) is 0 Å². The van der Waals surface area contributed by atoms with Crippen molar-refractivity contribution in [2.24, 2.45) is 5.41 Å². The van der Waals surface area contributed by atoms with Crippen LogP contribution in [-0.2, 0) is 43.1 Å². The number of aliphatic hydroxyl groups is 1.